The number of nitrogens with zero attached hydrogens (tertiary/aromatic N) is 2. The van der Waals surface area contributed by atoms with Crippen LogP contribution in [0.1, 0.15) is 6.42 Å². The molecule has 1 aromatic rings. The molecule has 6 nitrogen and oxygen atoms in total. The van der Waals surface area contributed by atoms with E-state index in [2.05, 4.69) is 0 Å². The summed E-state index contributed by atoms with van der Waals surface area (Å²) in [6.45, 7) is 1.00. The second-order valence-corrected chi connectivity index (χ2v) is 5.37. The van der Waals surface area contributed by atoms with Crippen LogP contribution in [0.2, 0.25) is 0 Å². The highest BCUT2D eigenvalue weighted by molar-refractivity contribution is 8.00. The fourth-order valence-electron chi connectivity index (χ4n) is 1.87. The number of amides is 1. The molecule has 1 atom stereocenters. The molecule has 102 valence electrons. The van der Waals surface area contributed by atoms with Crippen molar-refractivity contribution in [2.75, 3.05) is 18.8 Å². The number of nitro groups is 1. The standard InChI is InChI=1S/C12H14N2O4S/c15-10-5-6-13(7-10)12(16)8-19-11-3-1-9(2-4-11)14(17)18/h1-4,10,15H,5-8H2/t10-/m0/s1. The molecule has 1 aliphatic heterocycles. The van der Waals surface area contributed by atoms with Crippen molar-refractivity contribution in [3.05, 3.63) is 34.4 Å². The minimum atomic E-state index is -0.453. The zero-order chi connectivity index (χ0) is 13.8. The molecule has 1 fully saturated rings. The number of benzene rings is 1. The van der Waals surface area contributed by atoms with Crippen molar-refractivity contribution in [2.24, 2.45) is 0 Å². The highest BCUT2D eigenvalue weighted by Gasteiger charge is 2.24. The van der Waals surface area contributed by atoms with E-state index in [1.165, 1.54) is 23.9 Å². The maximum Gasteiger partial charge on any atom is 0.269 e. The number of rotatable bonds is 4. The summed E-state index contributed by atoms with van der Waals surface area (Å²) >= 11 is 1.34. The number of likely N-dealkylation sites (tertiary alicyclic amines) is 1. The minimum absolute atomic E-state index is 0.0140. The zero-order valence-corrected chi connectivity index (χ0v) is 11.0. The average Bonchev–Trinajstić information content (AvgIpc) is 2.83. The Hall–Kier alpha value is -1.60. The van der Waals surface area contributed by atoms with Gasteiger partial charge in [0.25, 0.3) is 5.69 Å². The Bertz CT molecular complexity index is 477. The van der Waals surface area contributed by atoms with Gasteiger partial charge in [-0.2, -0.15) is 0 Å². The third kappa shape index (κ3) is 3.68. The molecule has 1 aromatic carbocycles. The van der Waals surface area contributed by atoms with Crippen LogP contribution in [0.3, 0.4) is 0 Å². The molecule has 1 aliphatic rings. The van der Waals surface area contributed by atoms with Gasteiger partial charge in [-0.05, 0) is 18.6 Å². The number of non-ortho nitro benzene ring substituents is 1. The number of carbonyl (C=O) groups is 1. The third-order valence-electron chi connectivity index (χ3n) is 2.93. The fourth-order valence-corrected chi connectivity index (χ4v) is 2.67. The quantitative estimate of drug-likeness (QED) is 0.511. The molecule has 1 amide bonds. The first kappa shape index (κ1) is 13.8. The molecule has 7 heteroatoms. The average molecular weight is 282 g/mol. The van der Waals surface area contributed by atoms with Crippen LogP contribution in [0.5, 0.6) is 0 Å². The van der Waals surface area contributed by atoms with E-state index >= 15 is 0 Å². The van der Waals surface area contributed by atoms with Crippen LogP contribution in [0.4, 0.5) is 5.69 Å². The number of β-amino-alcohol motifs (C(OH)–C–C–N with tert-alkyl or cyclic N) is 1. The number of hydrogen-bond acceptors (Lipinski definition) is 5. The van der Waals surface area contributed by atoms with Gasteiger partial charge in [-0.3, -0.25) is 14.9 Å². The predicted octanol–water partition coefficient (Wildman–Crippen LogP) is 1.28. The Balaban J connectivity index is 1.85. The van der Waals surface area contributed by atoms with Gasteiger partial charge in [0.2, 0.25) is 5.91 Å². The maximum atomic E-state index is 11.8. The molecule has 0 aliphatic carbocycles. The van der Waals surface area contributed by atoms with Gasteiger partial charge >= 0.3 is 0 Å². The van der Waals surface area contributed by atoms with Gasteiger partial charge in [-0.25, -0.2) is 0 Å². The maximum absolute atomic E-state index is 11.8. The molecule has 0 unspecified atom stereocenters. The van der Waals surface area contributed by atoms with Crippen LogP contribution >= 0.6 is 11.8 Å². The summed E-state index contributed by atoms with van der Waals surface area (Å²) in [4.78, 5) is 24.3. The molecule has 0 aromatic heterocycles. The number of hydrogen-bond donors (Lipinski definition) is 1. The van der Waals surface area contributed by atoms with Crippen molar-refractivity contribution in [3.8, 4) is 0 Å². The molecule has 1 saturated heterocycles. The molecular weight excluding hydrogens is 268 g/mol. The molecule has 1 heterocycles. The van der Waals surface area contributed by atoms with Crippen LogP contribution in [-0.4, -0.2) is 45.8 Å². The lowest BCUT2D eigenvalue weighted by atomic mass is 10.3. The van der Waals surface area contributed by atoms with E-state index in [-0.39, 0.29) is 17.3 Å². The first-order valence-corrected chi connectivity index (χ1v) is 6.88. The van der Waals surface area contributed by atoms with Crippen LogP contribution in [-0.2, 0) is 4.79 Å². The minimum Gasteiger partial charge on any atom is -0.391 e. The zero-order valence-electron chi connectivity index (χ0n) is 10.2. The first-order valence-electron chi connectivity index (χ1n) is 5.89. The Labute approximate surface area is 114 Å². The number of aliphatic hydroxyl groups excluding tert-OH is 1. The summed E-state index contributed by atoms with van der Waals surface area (Å²) in [6.07, 6.45) is 0.224. The highest BCUT2D eigenvalue weighted by atomic mass is 32.2. The topological polar surface area (TPSA) is 83.7 Å². The number of carbonyl (C=O) groups excluding carboxylic acids is 1. The summed E-state index contributed by atoms with van der Waals surface area (Å²) in [7, 11) is 0. The normalized spacial score (nSPS) is 18.6. The van der Waals surface area contributed by atoms with Gasteiger partial charge < -0.3 is 10.0 Å². The molecular formula is C12H14N2O4S. The Kier molecular flexibility index (Phi) is 4.39. The Morgan fingerprint density at radius 3 is 2.68 bits per heavy atom. The van der Waals surface area contributed by atoms with Crippen molar-refractivity contribution < 1.29 is 14.8 Å². The Morgan fingerprint density at radius 1 is 1.47 bits per heavy atom. The van der Waals surface area contributed by atoms with E-state index < -0.39 is 11.0 Å². The van der Waals surface area contributed by atoms with Crippen LogP contribution in [0, 0.1) is 10.1 Å². The monoisotopic (exact) mass is 282 g/mol. The third-order valence-corrected chi connectivity index (χ3v) is 3.92. The first-order chi connectivity index (χ1) is 9.06. The largest absolute Gasteiger partial charge is 0.391 e. The van der Waals surface area contributed by atoms with Crippen LogP contribution < -0.4 is 0 Å². The SMILES string of the molecule is O=C(CSc1ccc([N+](=O)[O-])cc1)N1CC[C@H](O)C1. The number of thioether (sulfide) groups is 1. The van der Waals surface area contributed by atoms with Crippen molar-refractivity contribution >= 4 is 23.4 Å². The van der Waals surface area contributed by atoms with Crippen molar-refractivity contribution in [1.82, 2.24) is 4.90 Å². The van der Waals surface area contributed by atoms with Gasteiger partial charge in [0.15, 0.2) is 0 Å². The molecule has 2 rings (SSSR count). The van der Waals surface area contributed by atoms with E-state index in [0.717, 1.165) is 4.90 Å². The van der Waals surface area contributed by atoms with E-state index in [1.54, 1.807) is 17.0 Å². The second kappa shape index (κ2) is 6.03. The van der Waals surface area contributed by atoms with Gasteiger partial charge in [-0.1, -0.05) is 0 Å². The molecule has 0 saturated carbocycles. The summed E-state index contributed by atoms with van der Waals surface area (Å²) in [5.74, 6) is 0.268. The van der Waals surface area contributed by atoms with Crippen molar-refractivity contribution in [3.63, 3.8) is 0 Å². The molecule has 1 N–H and O–H groups in total. The van der Waals surface area contributed by atoms with Crippen molar-refractivity contribution in [1.29, 1.82) is 0 Å². The van der Waals surface area contributed by atoms with E-state index in [0.29, 0.717) is 19.5 Å². The number of aliphatic hydroxyl groups is 1. The smallest absolute Gasteiger partial charge is 0.269 e. The summed E-state index contributed by atoms with van der Waals surface area (Å²) < 4.78 is 0. The lowest BCUT2D eigenvalue weighted by Gasteiger charge is -2.14. The lowest BCUT2D eigenvalue weighted by Crippen LogP contribution is -2.30. The van der Waals surface area contributed by atoms with Crippen molar-refractivity contribution in [2.45, 2.75) is 17.4 Å². The fraction of sp³-hybridized carbons (Fsp3) is 0.417. The molecule has 0 radical (unpaired) electrons. The van der Waals surface area contributed by atoms with Gasteiger partial charge in [0.05, 0.1) is 16.8 Å². The van der Waals surface area contributed by atoms with Gasteiger partial charge in [0.1, 0.15) is 0 Å². The number of nitro benzene ring substituents is 1. The molecule has 19 heavy (non-hydrogen) atoms. The summed E-state index contributed by atoms with van der Waals surface area (Å²) in [6, 6.07) is 6.11. The molecule has 0 bridgehead atoms. The highest BCUT2D eigenvalue weighted by Crippen LogP contribution is 2.22. The van der Waals surface area contributed by atoms with E-state index in [4.69, 9.17) is 0 Å². The van der Waals surface area contributed by atoms with Crippen LogP contribution in [0.15, 0.2) is 29.2 Å². The Morgan fingerprint density at radius 2 is 2.16 bits per heavy atom. The second-order valence-electron chi connectivity index (χ2n) is 4.32. The van der Waals surface area contributed by atoms with E-state index in [1.807, 2.05) is 0 Å². The predicted molar refractivity (Wildman–Crippen MR) is 71.0 cm³/mol. The molecule has 0 spiro atoms. The van der Waals surface area contributed by atoms with E-state index in [9.17, 15) is 20.0 Å². The lowest BCUT2D eigenvalue weighted by molar-refractivity contribution is -0.384. The van der Waals surface area contributed by atoms with Gasteiger partial charge in [-0.15, -0.1) is 11.8 Å². The summed E-state index contributed by atoms with van der Waals surface area (Å²) in [5.41, 5.74) is 0.0401. The van der Waals surface area contributed by atoms with Crippen LogP contribution in [0.25, 0.3) is 0 Å². The summed E-state index contributed by atoms with van der Waals surface area (Å²) in [5, 5.41) is 19.8. The van der Waals surface area contributed by atoms with Gasteiger partial charge in [0, 0.05) is 30.1 Å².